The first-order valence-electron chi connectivity index (χ1n) is 3.72. The molecule has 0 radical (unpaired) electrons. The Labute approximate surface area is 77.8 Å². The predicted octanol–water partition coefficient (Wildman–Crippen LogP) is 3.85. The summed E-state index contributed by atoms with van der Waals surface area (Å²) < 4.78 is 0. The molecule has 0 heterocycles. The van der Waals surface area contributed by atoms with E-state index in [9.17, 15) is 0 Å². The molecule has 0 unspecified atom stereocenters. The highest BCUT2D eigenvalue weighted by molar-refractivity contribution is 9.09. The van der Waals surface area contributed by atoms with Gasteiger partial charge >= 0.3 is 0 Å². The van der Waals surface area contributed by atoms with E-state index in [0.29, 0.717) is 0 Å². The highest BCUT2D eigenvalue weighted by Crippen LogP contribution is 2.02. The number of halogens is 1. The van der Waals surface area contributed by atoms with E-state index in [1.54, 1.807) is 0 Å². The van der Waals surface area contributed by atoms with Crippen molar-refractivity contribution >= 4 is 15.9 Å². The van der Waals surface area contributed by atoms with Crippen molar-refractivity contribution in [1.29, 1.82) is 0 Å². The van der Waals surface area contributed by atoms with Crippen LogP contribution in [0.3, 0.4) is 0 Å². The smallest absolute Gasteiger partial charge is 0.00685 e. The molecule has 1 heteroatoms. The number of hydrogen-bond acceptors (Lipinski definition) is 0. The Hall–Kier alpha value is -0.300. The molecule has 0 bridgehead atoms. The van der Waals surface area contributed by atoms with E-state index in [-0.39, 0.29) is 0 Å². The van der Waals surface area contributed by atoms with E-state index in [4.69, 9.17) is 0 Å². The summed E-state index contributed by atoms with van der Waals surface area (Å²) in [4.78, 5) is 0. The van der Waals surface area contributed by atoms with Crippen LogP contribution in [0.25, 0.3) is 0 Å². The van der Waals surface area contributed by atoms with Gasteiger partial charge in [-0.3, -0.25) is 0 Å². The summed E-state index contributed by atoms with van der Waals surface area (Å²) in [7, 11) is 0. The van der Waals surface area contributed by atoms with E-state index in [1.807, 2.05) is 19.1 Å². The van der Waals surface area contributed by atoms with Crippen LogP contribution in [0.4, 0.5) is 0 Å². The number of allylic oxidation sites excluding steroid dienone is 5. The molecule has 11 heavy (non-hydrogen) atoms. The minimum atomic E-state index is 1.04. The molecule has 62 valence electrons. The Bertz CT molecular complexity index is 175. The Morgan fingerprint density at radius 2 is 2.09 bits per heavy atom. The minimum Gasteiger partial charge on any atom is -0.0961 e. The third kappa shape index (κ3) is 7.60. The van der Waals surface area contributed by atoms with Crippen molar-refractivity contribution in [3.05, 3.63) is 36.0 Å². The van der Waals surface area contributed by atoms with Crippen LogP contribution in [0.15, 0.2) is 36.0 Å². The quantitative estimate of drug-likeness (QED) is 0.493. The third-order valence-corrected chi connectivity index (χ3v) is 1.65. The lowest BCUT2D eigenvalue weighted by atomic mass is 10.2. The molecule has 0 nitrogen and oxygen atoms in total. The fourth-order valence-electron chi connectivity index (χ4n) is 0.609. The first-order valence-corrected chi connectivity index (χ1v) is 4.84. The summed E-state index contributed by atoms with van der Waals surface area (Å²) in [5.41, 5.74) is 2.48. The maximum absolute atomic E-state index is 3.77. The van der Waals surface area contributed by atoms with Gasteiger partial charge in [0.05, 0.1) is 0 Å². The van der Waals surface area contributed by atoms with Crippen LogP contribution in [0.1, 0.15) is 20.3 Å². The molecule has 0 N–H and O–H groups in total. The number of alkyl halides is 1. The lowest BCUT2D eigenvalue weighted by Gasteiger charge is -1.92. The molecular weight excluding hydrogens is 200 g/mol. The largest absolute Gasteiger partial charge is 0.0961 e. The van der Waals surface area contributed by atoms with Gasteiger partial charge in [-0.15, -0.1) is 0 Å². The molecule has 0 spiro atoms. The van der Waals surface area contributed by atoms with Gasteiger partial charge in [-0.2, -0.15) is 0 Å². The zero-order valence-electron chi connectivity index (χ0n) is 7.23. The monoisotopic (exact) mass is 214 g/mol. The second-order valence-corrected chi connectivity index (χ2v) is 3.45. The number of hydrogen-bond donors (Lipinski definition) is 0. The van der Waals surface area contributed by atoms with Crippen molar-refractivity contribution in [3.8, 4) is 0 Å². The summed E-state index contributed by atoms with van der Waals surface area (Å²) in [6.45, 7) is 7.89. The highest BCUT2D eigenvalue weighted by Gasteiger charge is 1.83. The molecule has 0 fully saturated rings. The Morgan fingerprint density at radius 1 is 1.45 bits per heavy atom. The predicted molar refractivity (Wildman–Crippen MR) is 56.1 cm³/mol. The molecule has 0 aromatic carbocycles. The van der Waals surface area contributed by atoms with Crippen molar-refractivity contribution in [2.45, 2.75) is 20.3 Å². The van der Waals surface area contributed by atoms with Gasteiger partial charge in [0, 0.05) is 5.33 Å². The zero-order valence-corrected chi connectivity index (χ0v) is 8.82. The Kier molecular flexibility index (Phi) is 6.24. The van der Waals surface area contributed by atoms with Gasteiger partial charge in [0.2, 0.25) is 0 Å². The van der Waals surface area contributed by atoms with Crippen LogP contribution >= 0.6 is 15.9 Å². The molecule has 0 aliphatic heterocycles. The molecule has 0 aromatic heterocycles. The van der Waals surface area contributed by atoms with E-state index in [0.717, 1.165) is 17.3 Å². The van der Waals surface area contributed by atoms with Gasteiger partial charge in [0.1, 0.15) is 0 Å². The first-order chi connectivity index (χ1) is 5.16. The van der Waals surface area contributed by atoms with Gasteiger partial charge in [-0.25, -0.2) is 0 Å². The summed E-state index contributed by atoms with van der Waals surface area (Å²) in [6.07, 6.45) is 7.29. The lowest BCUT2D eigenvalue weighted by Crippen LogP contribution is -1.75. The first kappa shape index (κ1) is 10.7. The van der Waals surface area contributed by atoms with Crippen LogP contribution in [0.5, 0.6) is 0 Å². The van der Waals surface area contributed by atoms with E-state index < -0.39 is 0 Å². The fraction of sp³-hybridized carbons (Fsp3) is 0.400. The zero-order chi connectivity index (χ0) is 8.69. The molecule has 0 aliphatic rings. The second-order valence-electron chi connectivity index (χ2n) is 2.66. The third-order valence-electron chi connectivity index (χ3n) is 1.25. The van der Waals surface area contributed by atoms with Crippen molar-refractivity contribution in [2.75, 3.05) is 5.33 Å². The van der Waals surface area contributed by atoms with Gasteiger partial charge in [0.15, 0.2) is 0 Å². The van der Waals surface area contributed by atoms with Gasteiger partial charge < -0.3 is 0 Å². The molecule has 0 amide bonds. The van der Waals surface area contributed by atoms with E-state index in [1.165, 1.54) is 5.57 Å². The molecular formula is C10H15Br. The van der Waals surface area contributed by atoms with Crippen LogP contribution in [-0.4, -0.2) is 5.33 Å². The van der Waals surface area contributed by atoms with Crippen molar-refractivity contribution in [2.24, 2.45) is 0 Å². The van der Waals surface area contributed by atoms with Crippen molar-refractivity contribution in [1.82, 2.24) is 0 Å². The lowest BCUT2D eigenvalue weighted by molar-refractivity contribution is 1.12. The van der Waals surface area contributed by atoms with Crippen LogP contribution in [0, 0.1) is 0 Å². The molecule has 0 saturated carbocycles. The van der Waals surface area contributed by atoms with Crippen molar-refractivity contribution < 1.29 is 0 Å². The average molecular weight is 215 g/mol. The Morgan fingerprint density at radius 3 is 2.55 bits per heavy atom. The van der Waals surface area contributed by atoms with Gasteiger partial charge in [-0.05, 0) is 20.3 Å². The standard InChI is InChI=1S/C10H15Br/c1-9(2)5-4-6-10(3)7-8-11/h4-6H,1,7-8H2,2-3H3/b5-4+,10-6-. The SMILES string of the molecule is C=C(C)/C=C/C=C(/C)CCBr. The maximum Gasteiger partial charge on any atom is 0.00685 e. The second kappa shape index (κ2) is 6.41. The summed E-state index contributed by atoms with van der Waals surface area (Å²) in [5, 5.41) is 1.04. The van der Waals surface area contributed by atoms with Gasteiger partial charge in [0.25, 0.3) is 0 Å². The Balaban J connectivity index is 3.80. The highest BCUT2D eigenvalue weighted by atomic mass is 79.9. The number of rotatable bonds is 4. The van der Waals surface area contributed by atoms with E-state index in [2.05, 4.69) is 35.5 Å². The molecule has 0 aliphatic carbocycles. The topological polar surface area (TPSA) is 0 Å². The molecule has 0 rings (SSSR count). The molecule has 0 aromatic rings. The molecule has 0 atom stereocenters. The summed E-state index contributed by atoms with van der Waals surface area (Å²) in [6, 6.07) is 0. The summed E-state index contributed by atoms with van der Waals surface area (Å²) in [5.74, 6) is 0. The van der Waals surface area contributed by atoms with Gasteiger partial charge in [-0.1, -0.05) is 51.9 Å². The maximum atomic E-state index is 3.77. The van der Waals surface area contributed by atoms with Crippen molar-refractivity contribution in [3.63, 3.8) is 0 Å². The fourth-order valence-corrected chi connectivity index (χ4v) is 1.23. The van der Waals surface area contributed by atoms with Crippen LogP contribution in [0.2, 0.25) is 0 Å². The molecule has 0 saturated heterocycles. The van der Waals surface area contributed by atoms with E-state index >= 15 is 0 Å². The average Bonchev–Trinajstić information content (AvgIpc) is 1.87. The normalized spacial score (nSPS) is 12.5. The van der Waals surface area contributed by atoms with Crippen LogP contribution < -0.4 is 0 Å². The van der Waals surface area contributed by atoms with Crippen LogP contribution in [-0.2, 0) is 0 Å². The summed E-state index contributed by atoms with van der Waals surface area (Å²) >= 11 is 3.39. The minimum absolute atomic E-state index is 1.04.